The van der Waals surface area contributed by atoms with E-state index in [1.807, 2.05) is 49.8 Å². The van der Waals surface area contributed by atoms with Crippen molar-refractivity contribution in [3.63, 3.8) is 0 Å². The Morgan fingerprint density at radius 2 is 2.15 bits per heavy atom. The van der Waals surface area contributed by atoms with Gasteiger partial charge in [0.2, 0.25) is 0 Å². The summed E-state index contributed by atoms with van der Waals surface area (Å²) in [5, 5.41) is 4.98. The van der Waals surface area contributed by atoms with Crippen molar-refractivity contribution >= 4 is 11.6 Å². The number of halogens is 1. The Morgan fingerprint density at radius 1 is 1.40 bits per heavy atom. The molecule has 2 aromatic rings. The molecular formula is C15H20ClN3O. The third kappa shape index (κ3) is 3.74. The van der Waals surface area contributed by atoms with Crippen LogP contribution in [0.25, 0.3) is 0 Å². The molecule has 2 N–H and O–H groups in total. The Kier molecular flexibility index (Phi) is 4.68. The first kappa shape index (κ1) is 14.9. The van der Waals surface area contributed by atoms with Crippen LogP contribution in [-0.4, -0.2) is 21.9 Å². The highest BCUT2D eigenvalue weighted by atomic mass is 35.5. The van der Waals surface area contributed by atoms with Gasteiger partial charge in [0.25, 0.3) is 0 Å². The molecule has 0 aliphatic heterocycles. The highest BCUT2D eigenvalue weighted by Gasteiger charge is 2.17. The summed E-state index contributed by atoms with van der Waals surface area (Å²) < 4.78 is 7.70. The van der Waals surface area contributed by atoms with Crippen LogP contribution >= 0.6 is 11.6 Å². The summed E-state index contributed by atoms with van der Waals surface area (Å²) in [6.45, 7) is 3.94. The van der Waals surface area contributed by atoms with Gasteiger partial charge in [0.05, 0.1) is 5.69 Å². The van der Waals surface area contributed by atoms with Gasteiger partial charge in [-0.1, -0.05) is 17.7 Å². The van der Waals surface area contributed by atoms with Crippen LogP contribution in [0.3, 0.4) is 0 Å². The normalized spacial score (nSPS) is 14.1. The van der Waals surface area contributed by atoms with Gasteiger partial charge in [-0.05, 0) is 38.1 Å². The molecule has 4 nitrogen and oxygen atoms in total. The highest BCUT2D eigenvalue weighted by Crippen LogP contribution is 2.19. The molecule has 2 unspecified atom stereocenters. The van der Waals surface area contributed by atoms with E-state index in [1.54, 1.807) is 6.07 Å². The minimum absolute atomic E-state index is 0.108. The summed E-state index contributed by atoms with van der Waals surface area (Å²) in [5.41, 5.74) is 8.32. The molecule has 1 aromatic carbocycles. The number of hydrogen-bond donors (Lipinski definition) is 1. The lowest BCUT2D eigenvalue weighted by atomic mass is 10.1. The Morgan fingerprint density at radius 3 is 2.75 bits per heavy atom. The first-order valence-electron chi connectivity index (χ1n) is 6.63. The molecule has 5 heteroatoms. The third-order valence-corrected chi connectivity index (χ3v) is 3.50. The maximum absolute atomic E-state index is 6.21. The van der Waals surface area contributed by atoms with Crippen LogP contribution in [0.1, 0.15) is 18.3 Å². The first-order valence-corrected chi connectivity index (χ1v) is 7.01. The maximum atomic E-state index is 6.21. The van der Waals surface area contributed by atoms with Crippen molar-refractivity contribution < 1.29 is 4.74 Å². The first-order chi connectivity index (χ1) is 9.45. The molecule has 0 aliphatic carbocycles. The molecule has 0 fully saturated rings. The van der Waals surface area contributed by atoms with E-state index in [0.717, 1.165) is 23.6 Å². The molecule has 2 atom stereocenters. The average Bonchev–Trinajstić information content (AvgIpc) is 2.67. The predicted octanol–water partition coefficient (Wildman–Crippen LogP) is 2.72. The van der Waals surface area contributed by atoms with Gasteiger partial charge in [-0.2, -0.15) is 5.10 Å². The fraction of sp³-hybridized carbons (Fsp3) is 0.400. The van der Waals surface area contributed by atoms with Gasteiger partial charge in [-0.3, -0.25) is 4.68 Å². The zero-order valence-corrected chi connectivity index (χ0v) is 12.8. The van der Waals surface area contributed by atoms with Gasteiger partial charge >= 0.3 is 0 Å². The third-order valence-electron chi connectivity index (χ3n) is 3.26. The van der Waals surface area contributed by atoms with E-state index in [-0.39, 0.29) is 12.1 Å². The highest BCUT2D eigenvalue weighted by molar-refractivity contribution is 6.30. The fourth-order valence-electron chi connectivity index (χ4n) is 2.11. The zero-order chi connectivity index (χ0) is 14.7. The largest absolute Gasteiger partial charge is 0.489 e. The van der Waals surface area contributed by atoms with E-state index >= 15 is 0 Å². The summed E-state index contributed by atoms with van der Waals surface area (Å²) in [7, 11) is 1.93. The molecule has 1 aromatic heterocycles. The number of aryl methyl sites for hydroxylation is 2. The number of ether oxygens (including phenoxy) is 1. The van der Waals surface area contributed by atoms with Gasteiger partial charge in [-0.25, -0.2) is 0 Å². The second-order valence-corrected chi connectivity index (χ2v) is 5.49. The van der Waals surface area contributed by atoms with Crippen molar-refractivity contribution in [3.8, 4) is 5.75 Å². The second kappa shape index (κ2) is 6.29. The number of rotatable bonds is 5. The molecule has 0 saturated carbocycles. The molecule has 0 bridgehead atoms. The number of hydrogen-bond acceptors (Lipinski definition) is 3. The standard InChI is InChI=1S/C15H20ClN3O/c1-10-7-13(19(3)18-10)9-15(17)11(2)20-14-6-4-5-12(16)8-14/h4-8,11,15H,9,17H2,1-3H3. The smallest absolute Gasteiger partial charge is 0.121 e. The van der Waals surface area contributed by atoms with Gasteiger partial charge in [0, 0.05) is 30.2 Å². The van der Waals surface area contributed by atoms with Gasteiger partial charge < -0.3 is 10.5 Å². The Balaban J connectivity index is 1.98. The van der Waals surface area contributed by atoms with E-state index in [0.29, 0.717) is 5.02 Å². The van der Waals surface area contributed by atoms with Crippen LogP contribution in [0.15, 0.2) is 30.3 Å². The van der Waals surface area contributed by atoms with E-state index < -0.39 is 0 Å². The molecule has 0 spiro atoms. The van der Waals surface area contributed by atoms with Crippen molar-refractivity contribution in [2.24, 2.45) is 12.8 Å². The monoisotopic (exact) mass is 293 g/mol. The second-order valence-electron chi connectivity index (χ2n) is 5.05. The minimum atomic E-state index is -0.108. The average molecular weight is 294 g/mol. The number of aromatic nitrogens is 2. The predicted molar refractivity (Wildman–Crippen MR) is 81.2 cm³/mol. The maximum Gasteiger partial charge on any atom is 0.121 e. The van der Waals surface area contributed by atoms with Crippen LogP contribution < -0.4 is 10.5 Å². The lowest BCUT2D eigenvalue weighted by Gasteiger charge is -2.21. The van der Waals surface area contributed by atoms with Crippen molar-refractivity contribution in [1.29, 1.82) is 0 Å². The Bertz CT molecular complexity index is 582. The molecule has 2 rings (SSSR count). The summed E-state index contributed by atoms with van der Waals surface area (Å²) in [6, 6.07) is 9.29. The van der Waals surface area contributed by atoms with Gasteiger partial charge in [0.1, 0.15) is 11.9 Å². The van der Waals surface area contributed by atoms with E-state index in [1.165, 1.54) is 0 Å². The van der Waals surface area contributed by atoms with E-state index in [4.69, 9.17) is 22.1 Å². The minimum Gasteiger partial charge on any atom is -0.489 e. The van der Waals surface area contributed by atoms with Crippen LogP contribution in [0.4, 0.5) is 0 Å². The number of nitrogens with two attached hydrogens (primary N) is 1. The molecule has 0 aliphatic rings. The lowest BCUT2D eigenvalue weighted by Crippen LogP contribution is -2.38. The fourth-order valence-corrected chi connectivity index (χ4v) is 2.29. The lowest BCUT2D eigenvalue weighted by molar-refractivity contribution is 0.188. The van der Waals surface area contributed by atoms with Crippen molar-refractivity contribution in [2.45, 2.75) is 32.4 Å². The molecule has 0 saturated heterocycles. The van der Waals surface area contributed by atoms with Crippen LogP contribution in [0.5, 0.6) is 5.75 Å². The number of benzene rings is 1. The van der Waals surface area contributed by atoms with Gasteiger partial charge in [-0.15, -0.1) is 0 Å². The van der Waals surface area contributed by atoms with Crippen LogP contribution in [-0.2, 0) is 13.5 Å². The van der Waals surface area contributed by atoms with Crippen LogP contribution in [0.2, 0.25) is 5.02 Å². The molecule has 0 amide bonds. The Labute approximate surface area is 124 Å². The molecule has 0 radical (unpaired) electrons. The zero-order valence-electron chi connectivity index (χ0n) is 12.0. The van der Waals surface area contributed by atoms with Gasteiger partial charge in [0.15, 0.2) is 0 Å². The van der Waals surface area contributed by atoms with Crippen LogP contribution in [0, 0.1) is 6.92 Å². The van der Waals surface area contributed by atoms with Crippen molar-refractivity contribution in [1.82, 2.24) is 9.78 Å². The molecule has 1 heterocycles. The van der Waals surface area contributed by atoms with Crippen molar-refractivity contribution in [3.05, 3.63) is 46.7 Å². The summed E-state index contributed by atoms with van der Waals surface area (Å²) in [4.78, 5) is 0. The number of nitrogens with zero attached hydrogens (tertiary/aromatic N) is 2. The van der Waals surface area contributed by atoms with E-state index in [2.05, 4.69) is 5.10 Å². The molecular weight excluding hydrogens is 274 g/mol. The Hall–Kier alpha value is -1.52. The quantitative estimate of drug-likeness (QED) is 0.922. The summed E-state index contributed by atoms with van der Waals surface area (Å²) in [6.07, 6.45) is 0.614. The molecule has 108 valence electrons. The summed E-state index contributed by atoms with van der Waals surface area (Å²) >= 11 is 5.94. The van der Waals surface area contributed by atoms with Crippen molar-refractivity contribution in [2.75, 3.05) is 0 Å². The molecule has 20 heavy (non-hydrogen) atoms. The summed E-state index contributed by atoms with van der Waals surface area (Å²) in [5.74, 6) is 0.738. The topological polar surface area (TPSA) is 53.1 Å². The van der Waals surface area contributed by atoms with E-state index in [9.17, 15) is 0 Å². The SMILES string of the molecule is Cc1cc(CC(N)C(C)Oc2cccc(Cl)c2)n(C)n1.